The van der Waals surface area contributed by atoms with Crippen molar-refractivity contribution < 1.29 is 8.42 Å². The molecule has 0 bridgehead atoms. The maximum absolute atomic E-state index is 12.2. The first kappa shape index (κ1) is 13.5. The van der Waals surface area contributed by atoms with Gasteiger partial charge in [-0.15, -0.1) is 0 Å². The summed E-state index contributed by atoms with van der Waals surface area (Å²) in [6.45, 7) is 0. The van der Waals surface area contributed by atoms with E-state index in [1.165, 1.54) is 42.6 Å². The highest BCUT2D eigenvalue weighted by atomic mass is 32.2. The van der Waals surface area contributed by atoms with E-state index in [1.54, 1.807) is 6.07 Å². The third-order valence-corrected chi connectivity index (χ3v) is 3.85. The Labute approximate surface area is 116 Å². The van der Waals surface area contributed by atoms with E-state index in [0.717, 1.165) is 0 Å². The molecule has 0 aliphatic heterocycles. The Morgan fingerprint density at radius 3 is 2.35 bits per heavy atom. The van der Waals surface area contributed by atoms with Crippen LogP contribution in [0.1, 0.15) is 11.3 Å². The summed E-state index contributed by atoms with van der Waals surface area (Å²) in [5.74, 6) is 0. The topological polar surface area (TPSA) is 107 Å². The standard InChI is InChI=1S/C13H8N4O2S/c14-8-10-3-5-11(6-4-10)17-20(18,19)13-2-1-7-16-12(13)9-15/h1-7,17H. The molecule has 0 spiro atoms. The van der Waals surface area contributed by atoms with Gasteiger partial charge in [0.1, 0.15) is 11.0 Å². The Morgan fingerprint density at radius 1 is 1.05 bits per heavy atom. The molecule has 0 fully saturated rings. The van der Waals surface area contributed by atoms with Gasteiger partial charge in [-0.3, -0.25) is 4.72 Å². The number of nitrogens with one attached hydrogen (secondary N) is 1. The molecular formula is C13H8N4O2S. The molecule has 20 heavy (non-hydrogen) atoms. The van der Waals surface area contributed by atoms with Gasteiger partial charge in [-0.05, 0) is 36.4 Å². The van der Waals surface area contributed by atoms with Crippen LogP contribution in [0.25, 0.3) is 0 Å². The molecule has 0 aliphatic rings. The van der Waals surface area contributed by atoms with Crippen LogP contribution in [0.15, 0.2) is 47.5 Å². The lowest BCUT2D eigenvalue weighted by Crippen LogP contribution is -2.14. The molecular weight excluding hydrogens is 276 g/mol. The second-order valence-electron chi connectivity index (χ2n) is 3.76. The van der Waals surface area contributed by atoms with Crippen molar-refractivity contribution in [1.29, 1.82) is 10.5 Å². The summed E-state index contributed by atoms with van der Waals surface area (Å²) >= 11 is 0. The van der Waals surface area contributed by atoms with Crippen LogP contribution in [-0.4, -0.2) is 13.4 Å². The molecule has 2 aromatic rings. The highest BCUT2D eigenvalue weighted by Crippen LogP contribution is 2.18. The van der Waals surface area contributed by atoms with Crippen molar-refractivity contribution >= 4 is 15.7 Å². The number of hydrogen-bond acceptors (Lipinski definition) is 5. The van der Waals surface area contributed by atoms with Gasteiger partial charge in [0, 0.05) is 11.9 Å². The van der Waals surface area contributed by atoms with Crippen LogP contribution in [0.2, 0.25) is 0 Å². The van der Waals surface area contributed by atoms with E-state index in [1.807, 2.05) is 6.07 Å². The van der Waals surface area contributed by atoms with Gasteiger partial charge in [0.15, 0.2) is 5.69 Å². The van der Waals surface area contributed by atoms with Crippen molar-refractivity contribution in [3.05, 3.63) is 53.9 Å². The molecule has 1 aromatic carbocycles. The van der Waals surface area contributed by atoms with Crippen LogP contribution >= 0.6 is 0 Å². The van der Waals surface area contributed by atoms with Crippen molar-refractivity contribution in [2.75, 3.05) is 4.72 Å². The van der Waals surface area contributed by atoms with Crippen LogP contribution in [-0.2, 0) is 10.0 Å². The van der Waals surface area contributed by atoms with Gasteiger partial charge in [0.2, 0.25) is 0 Å². The summed E-state index contributed by atoms with van der Waals surface area (Å²) in [6.07, 6.45) is 1.35. The molecule has 0 unspecified atom stereocenters. The van der Waals surface area contributed by atoms with Gasteiger partial charge in [-0.1, -0.05) is 0 Å². The Balaban J connectivity index is 2.36. The van der Waals surface area contributed by atoms with Crippen molar-refractivity contribution in [1.82, 2.24) is 4.98 Å². The quantitative estimate of drug-likeness (QED) is 0.921. The summed E-state index contributed by atoms with van der Waals surface area (Å²) < 4.78 is 26.7. The van der Waals surface area contributed by atoms with Gasteiger partial charge < -0.3 is 0 Å². The highest BCUT2D eigenvalue weighted by molar-refractivity contribution is 7.92. The lowest BCUT2D eigenvalue weighted by Gasteiger charge is -2.08. The van der Waals surface area contributed by atoms with Gasteiger partial charge in [-0.2, -0.15) is 10.5 Å². The minimum atomic E-state index is -3.89. The largest absolute Gasteiger partial charge is 0.280 e. The van der Waals surface area contributed by atoms with Gasteiger partial charge in [0.25, 0.3) is 10.0 Å². The van der Waals surface area contributed by atoms with E-state index in [-0.39, 0.29) is 10.6 Å². The van der Waals surface area contributed by atoms with Crippen molar-refractivity contribution in [2.24, 2.45) is 0 Å². The lowest BCUT2D eigenvalue weighted by atomic mass is 10.2. The van der Waals surface area contributed by atoms with Crippen LogP contribution in [0.4, 0.5) is 5.69 Å². The zero-order chi connectivity index (χ0) is 14.6. The molecule has 2 rings (SSSR count). The highest BCUT2D eigenvalue weighted by Gasteiger charge is 2.19. The van der Waals surface area contributed by atoms with Crippen molar-refractivity contribution in [2.45, 2.75) is 4.90 Å². The number of nitrogens with zero attached hydrogens (tertiary/aromatic N) is 3. The Morgan fingerprint density at radius 2 is 1.75 bits per heavy atom. The number of anilines is 1. The van der Waals surface area contributed by atoms with Crippen molar-refractivity contribution in [3.63, 3.8) is 0 Å². The fourth-order valence-corrected chi connectivity index (χ4v) is 2.68. The number of pyridine rings is 1. The molecule has 6 nitrogen and oxygen atoms in total. The molecule has 1 heterocycles. The normalized spacial score (nSPS) is 10.3. The zero-order valence-electron chi connectivity index (χ0n) is 10.1. The first-order valence-corrected chi connectivity index (χ1v) is 6.93. The van der Waals surface area contributed by atoms with E-state index in [4.69, 9.17) is 10.5 Å². The molecule has 0 atom stereocenters. The summed E-state index contributed by atoms with van der Waals surface area (Å²) in [4.78, 5) is 3.52. The number of hydrogen-bond donors (Lipinski definition) is 1. The monoisotopic (exact) mass is 284 g/mol. The lowest BCUT2D eigenvalue weighted by molar-refractivity contribution is 0.600. The molecule has 0 saturated heterocycles. The number of rotatable bonds is 3. The van der Waals surface area contributed by atoms with Crippen LogP contribution in [0, 0.1) is 22.7 Å². The molecule has 98 valence electrons. The van der Waals surface area contributed by atoms with E-state index in [2.05, 4.69) is 9.71 Å². The van der Waals surface area contributed by atoms with E-state index < -0.39 is 10.0 Å². The summed E-state index contributed by atoms with van der Waals surface area (Å²) in [5, 5.41) is 17.5. The fraction of sp³-hybridized carbons (Fsp3) is 0. The number of nitriles is 2. The fourth-order valence-electron chi connectivity index (χ4n) is 1.51. The molecule has 0 saturated carbocycles. The first-order valence-electron chi connectivity index (χ1n) is 5.45. The minimum Gasteiger partial charge on any atom is -0.280 e. The Kier molecular flexibility index (Phi) is 3.65. The second-order valence-corrected chi connectivity index (χ2v) is 5.41. The van der Waals surface area contributed by atoms with Gasteiger partial charge in [0.05, 0.1) is 11.6 Å². The smallest absolute Gasteiger partial charge is 0.264 e. The summed E-state index contributed by atoms with van der Waals surface area (Å²) in [7, 11) is -3.89. The summed E-state index contributed by atoms with van der Waals surface area (Å²) in [5.41, 5.74) is 0.553. The molecule has 0 amide bonds. The van der Waals surface area contributed by atoms with Crippen LogP contribution in [0.5, 0.6) is 0 Å². The van der Waals surface area contributed by atoms with E-state index in [0.29, 0.717) is 11.3 Å². The maximum atomic E-state index is 12.2. The van der Waals surface area contributed by atoms with Crippen LogP contribution < -0.4 is 4.72 Å². The van der Waals surface area contributed by atoms with E-state index >= 15 is 0 Å². The zero-order valence-corrected chi connectivity index (χ0v) is 10.9. The Bertz CT molecular complexity index is 815. The molecule has 0 aliphatic carbocycles. The molecule has 0 radical (unpaired) electrons. The maximum Gasteiger partial charge on any atom is 0.264 e. The Hall–Kier alpha value is -2.90. The van der Waals surface area contributed by atoms with Crippen LogP contribution in [0.3, 0.4) is 0 Å². The number of benzene rings is 1. The molecule has 1 aromatic heterocycles. The van der Waals surface area contributed by atoms with E-state index in [9.17, 15) is 8.42 Å². The first-order chi connectivity index (χ1) is 9.56. The molecule has 1 N–H and O–H groups in total. The van der Waals surface area contributed by atoms with Gasteiger partial charge in [-0.25, -0.2) is 13.4 Å². The third-order valence-electron chi connectivity index (χ3n) is 2.43. The minimum absolute atomic E-state index is 0.173. The third kappa shape index (κ3) is 2.74. The number of sulfonamides is 1. The van der Waals surface area contributed by atoms with Gasteiger partial charge >= 0.3 is 0 Å². The summed E-state index contributed by atoms with van der Waals surface area (Å²) in [6, 6.07) is 12.3. The predicted molar refractivity (Wildman–Crippen MR) is 70.9 cm³/mol. The molecule has 7 heteroatoms. The number of aromatic nitrogens is 1. The van der Waals surface area contributed by atoms with Crippen molar-refractivity contribution in [3.8, 4) is 12.1 Å². The average molecular weight is 284 g/mol. The average Bonchev–Trinajstić information content (AvgIpc) is 2.47. The second kappa shape index (κ2) is 5.39. The predicted octanol–water partition coefficient (Wildman–Crippen LogP) is 1.63. The SMILES string of the molecule is N#Cc1ccc(NS(=O)(=O)c2cccnc2C#N)cc1.